The Morgan fingerprint density at radius 1 is 1.26 bits per heavy atom. The molecule has 1 atom stereocenters. The first-order chi connectivity index (χ1) is 15.0. The molecule has 1 N–H and O–H groups in total. The molecule has 4 rings (SSSR count). The van der Waals surface area contributed by atoms with E-state index in [-0.39, 0.29) is 6.04 Å². The molecule has 0 radical (unpaired) electrons. The maximum absolute atomic E-state index is 5.70. The zero-order valence-corrected chi connectivity index (χ0v) is 18.6. The van der Waals surface area contributed by atoms with Crippen LogP contribution in [0.5, 0.6) is 5.88 Å². The van der Waals surface area contributed by atoms with Crippen molar-refractivity contribution in [2.75, 3.05) is 11.9 Å². The van der Waals surface area contributed by atoms with Crippen molar-refractivity contribution < 1.29 is 4.74 Å². The standard InChI is InChI=1S/C22H28N8O/c1-6-14(3)30-21-19(23-11-16-12-25-29(5)13-16)10-18(26-20(21)15(4)28-30)17-8-9-24-27-22(17)31-7-2/h8-10,12-14H,6-7,11H2,1-5H3,(H,23,26)/t14-/m1/s1. The number of rotatable bonds is 8. The number of aryl methyl sites for hydroxylation is 2. The van der Waals surface area contributed by atoms with Gasteiger partial charge in [-0.05, 0) is 39.3 Å². The molecule has 0 spiro atoms. The van der Waals surface area contributed by atoms with Crippen molar-refractivity contribution in [3.05, 3.63) is 42.0 Å². The number of hydrogen-bond acceptors (Lipinski definition) is 7. The van der Waals surface area contributed by atoms with Crippen LogP contribution in [0.4, 0.5) is 5.69 Å². The maximum Gasteiger partial charge on any atom is 0.242 e. The molecule has 0 aliphatic rings. The third-order valence-corrected chi connectivity index (χ3v) is 5.32. The van der Waals surface area contributed by atoms with E-state index in [9.17, 15) is 0 Å². The zero-order chi connectivity index (χ0) is 22.0. The van der Waals surface area contributed by atoms with E-state index in [0.717, 1.165) is 45.7 Å². The van der Waals surface area contributed by atoms with E-state index in [1.165, 1.54) is 0 Å². The lowest BCUT2D eigenvalue weighted by Gasteiger charge is -2.16. The molecule has 4 heterocycles. The van der Waals surface area contributed by atoms with Crippen LogP contribution in [0, 0.1) is 6.92 Å². The molecule has 0 aliphatic heterocycles. The van der Waals surface area contributed by atoms with Gasteiger partial charge in [0, 0.05) is 31.4 Å². The molecule has 0 amide bonds. The van der Waals surface area contributed by atoms with E-state index in [1.54, 1.807) is 10.9 Å². The molecule has 0 saturated carbocycles. The highest BCUT2D eigenvalue weighted by molar-refractivity contribution is 5.93. The topological polar surface area (TPSA) is 95.6 Å². The van der Waals surface area contributed by atoms with Crippen molar-refractivity contribution in [1.82, 2.24) is 34.7 Å². The van der Waals surface area contributed by atoms with Gasteiger partial charge in [0.05, 0.1) is 41.6 Å². The highest BCUT2D eigenvalue weighted by atomic mass is 16.5. The summed E-state index contributed by atoms with van der Waals surface area (Å²) in [6, 6.07) is 4.17. The van der Waals surface area contributed by atoms with Gasteiger partial charge in [-0.15, -0.1) is 5.10 Å². The summed E-state index contributed by atoms with van der Waals surface area (Å²) in [5.41, 5.74) is 6.39. The lowest BCUT2D eigenvalue weighted by Crippen LogP contribution is -2.09. The first-order valence-corrected chi connectivity index (χ1v) is 10.6. The SMILES string of the molecule is CCOc1nnccc1-c1cc(NCc2cnn(C)c2)c2c(n1)c(C)nn2[C@H](C)CC. The largest absolute Gasteiger partial charge is 0.476 e. The fourth-order valence-corrected chi connectivity index (χ4v) is 3.56. The van der Waals surface area contributed by atoms with Gasteiger partial charge in [-0.3, -0.25) is 9.36 Å². The number of nitrogens with one attached hydrogen (secondary N) is 1. The number of ether oxygens (including phenoxy) is 1. The highest BCUT2D eigenvalue weighted by Gasteiger charge is 2.20. The maximum atomic E-state index is 5.70. The minimum absolute atomic E-state index is 0.254. The quantitative estimate of drug-likeness (QED) is 0.462. The summed E-state index contributed by atoms with van der Waals surface area (Å²) in [5, 5.41) is 20.8. The van der Waals surface area contributed by atoms with Crippen LogP contribution >= 0.6 is 0 Å². The molecule has 0 aliphatic carbocycles. The third-order valence-electron chi connectivity index (χ3n) is 5.32. The number of pyridine rings is 1. The van der Waals surface area contributed by atoms with Gasteiger partial charge in [-0.25, -0.2) is 4.98 Å². The monoisotopic (exact) mass is 420 g/mol. The summed E-state index contributed by atoms with van der Waals surface area (Å²) in [4.78, 5) is 4.96. The molecule has 0 unspecified atom stereocenters. The molecule has 0 saturated heterocycles. The molecule has 31 heavy (non-hydrogen) atoms. The Morgan fingerprint density at radius 2 is 2.10 bits per heavy atom. The molecule has 162 valence electrons. The lowest BCUT2D eigenvalue weighted by molar-refractivity contribution is 0.324. The first-order valence-electron chi connectivity index (χ1n) is 10.6. The van der Waals surface area contributed by atoms with Gasteiger partial charge in [-0.2, -0.15) is 15.3 Å². The van der Waals surface area contributed by atoms with E-state index in [2.05, 4.69) is 39.1 Å². The Kier molecular flexibility index (Phi) is 5.83. The minimum Gasteiger partial charge on any atom is -0.476 e. The van der Waals surface area contributed by atoms with Crippen LogP contribution in [0.2, 0.25) is 0 Å². The number of anilines is 1. The molecule has 0 aromatic carbocycles. The smallest absolute Gasteiger partial charge is 0.242 e. The van der Waals surface area contributed by atoms with Crippen LogP contribution in [-0.4, -0.2) is 41.3 Å². The van der Waals surface area contributed by atoms with Crippen LogP contribution in [-0.2, 0) is 13.6 Å². The van der Waals surface area contributed by atoms with Crippen LogP contribution in [0.3, 0.4) is 0 Å². The molecular weight excluding hydrogens is 392 g/mol. The van der Waals surface area contributed by atoms with Gasteiger partial charge >= 0.3 is 0 Å². The fourth-order valence-electron chi connectivity index (χ4n) is 3.56. The normalized spacial score (nSPS) is 12.3. The molecule has 9 nitrogen and oxygen atoms in total. The van der Waals surface area contributed by atoms with E-state index in [1.807, 2.05) is 45.4 Å². The van der Waals surface area contributed by atoms with Crippen molar-refractivity contribution in [3.8, 4) is 17.1 Å². The van der Waals surface area contributed by atoms with Gasteiger partial charge in [-0.1, -0.05) is 6.92 Å². The first kappa shape index (κ1) is 20.8. The van der Waals surface area contributed by atoms with Gasteiger partial charge < -0.3 is 10.1 Å². The Balaban J connectivity index is 1.87. The van der Waals surface area contributed by atoms with Crippen LogP contribution < -0.4 is 10.1 Å². The van der Waals surface area contributed by atoms with Crippen molar-refractivity contribution in [2.24, 2.45) is 7.05 Å². The van der Waals surface area contributed by atoms with Crippen molar-refractivity contribution >= 4 is 16.7 Å². The molecule has 4 aromatic rings. The minimum atomic E-state index is 0.254. The number of aromatic nitrogens is 7. The summed E-state index contributed by atoms with van der Waals surface area (Å²) < 4.78 is 9.57. The van der Waals surface area contributed by atoms with Gasteiger partial charge in [0.2, 0.25) is 5.88 Å². The summed E-state index contributed by atoms with van der Waals surface area (Å²) in [6.07, 6.45) is 6.50. The molecule has 9 heteroatoms. The predicted octanol–water partition coefficient (Wildman–Crippen LogP) is 3.91. The van der Waals surface area contributed by atoms with Crippen molar-refractivity contribution in [3.63, 3.8) is 0 Å². The van der Waals surface area contributed by atoms with Gasteiger partial charge in [0.15, 0.2) is 0 Å². The molecule has 0 fully saturated rings. The molecule has 4 aromatic heterocycles. The van der Waals surface area contributed by atoms with E-state index < -0.39 is 0 Å². The second kappa shape index (κ2) is 8.71. The summed E-state index contributed by atoms with van der Waals surface area (Å²) >= 11 is 0. The average molecular weight is 421 g/mol. The highest BCUT2D eigenvalue weighted by Crippen LogP contribution is 2.34. The van der Waals surface area contributed by atoms with Crippen LogP contribution in [0.1, 0.15) is 44.5 Å². The van der Waals surface area contributed by atoms with Crippen LogP contribution in [0.25, 0.3) is 22.3 Å². The molecular formula is C22H28N8O. The lowest BCUT2D eigenvalue weighted by atomic mass is 10.1. The van der Waals surface area contributed by atoms with E-state index >= 15 is 0 Å². The summed E-state index contributed by atoms with van der Waals surface area (Å²) in [6.45, 7) is 9.40. The fraction of sp³-hybridized carbons (Fsp3) is 0.409. The number of nitrogens with zero attached hydrogens (tertiary/aromatic N) is 7. The van der Waals surface area contributed by atoms with Gasteiger partial charge in [0.1, 0.15) is 11.0 Å². The zero-order valence-electron chi connectivity index (χ0n) is 18.6. The van der Waals surface area contributed by atoms with E-state index in [0.29, 0.717) is 19.0 Å². The van der Waals surface area contributed by atoms with Crippen molar-refractivity contribution in [1.29, 1.82) is 0 Å². The second-order valence-corrected chi connectivity index (χ2v) is 7.60. The number of hydrogen-bond donors (Lipinski definition) is 1. The van der Waals surface area contributed by atoms with Crippen molar-refractivity contribution in [2.45, 2.75) is 46.7 Å². The van der Waals surface area contributed by atoms with Gasteiger partial charge in [0.25, 0.3) is 0 Å². The Morgan fingerprint density at radius 3 is 2.81 bits per heavy atom. The van der Waals surface area contributed by atoms with E-state index in [4.69, 9.17) is 14.8 Å². The molecule has 0 bridgehead atoms. The number of fused-ring (bicyclic) bond motifs is 1. The summed E-state index contributed by atoms with van der Waals surface area (Å²) in [7, 11) is 1.92. The Bertz CT molecular complexity index is 1200. The predicted molar refractivity (Wildman–Crippen MR) is 120 cm³/mol. The Hall–Kier alpha value is -3.49. The second-order valence-electron chi connectivity index (χ2n) is 7.60. The van der Waals surface area contributed by atoms with Crippen LogP contribution in [0.15, 0.2) is 30.7 Å². The third kappa shape index (κ3) is 4.08. The Labute approximate surface area is 181 Å². The summed E-state index contributed by atoms with van der Waals surface area (Å²) in [5.74, 6) is 0.474. The average Bonchev–Trinajstić information content (AvgIpc) is 3.35.